The van der Waals surface area contributed by atoms with E-state index >= 15 is 0 Å². The molecule has 0 saturated heterocycles. The highest BCUT2D eigenvalue weighted by atomic mass is 35.5. The fraction of sp³-hybridized carbons (Fsp3) is 0.120. The van der Waals surface area contributed by atoms with Crippen LogP contribution in [0.1, 0.15) is 21.5 Å². The summed E-state index contributed by atoms with van der Waals surface area (Å²) in [6.45, 7) is 0. The summed E-state index contributed by atoms with van der Waals surface area (Å²) in [4.78, 5) is 35.0. The molecule has 0 aliphatic heterocycles. The van der Waals surface area contributed by atoms with Gasteiger partial charge in [0.2, 0.25) is 0 Å². The van der Waals surface area contributed by atoms with Crippen LogP contribution in [0.5, 0.6) is 0 Å². The Morgan fingerprint density at radius 2 is 1.65 bits per heavy atom. The minimum atomic E-state index is -3.80. The number of aliphatic carboxylic acids is 1. The van der Waals surface area contributed by atoms with E-state index in [1.165, 1.54) is 48.5 Å². The summed E-state index contributed by atoms with van der Waals surface area (Å²) in [6.07, 6.45) is 2.19. The number of amides is 1. The largest absolute Gasteiger partial charge is 0.480 e. The monoisotopic (exact) mass is 581 g/mol. The smallest absolute Gasteiger partial charge is 0.326 e. The predicted molar refractivity (Wildman–Crippen MR) is 144 cm³/mol. The third-order valence-corrected chi connectivity index (χ3v) is 8.55. The van der Waals surface area contributed by atoms with E-state index in [1.807, 2.05) is 0 Å². The number of nitrogens with one attached hydrogen (secondary N) is 1. The standard InChI is InChI=1S/C25H22Cl2NO7PS/c1-37(34,35)19-9-5-6-16(12-19)15-22(25(30)31)28-24(29)23-20(26)13-17(14-21(23)27)10-11-36(32,33)18-7-3-2-4-8-18/h2-14,22H,15H2,1H3,(H,28,29)(H,30,31)(H,32,33)/b11-10+/t22-/m0/s1. The number of carboxylic acid groups (broad SMARTS) is 1. The Morgan fingerprint density at radius 3 is 2.22 bits per heavy atom. The molecule has 0 fully saturated rings. The predicted octanol–water partition coefficient (Wildman–Crippen LogP) is 4.39. The molecular formula is C25H22Cl2NO7PS. The summed E-state index contributed by atoms with van der Waals surface area (Å²) in [7, 11) is -7.30. The van der Waals surface area contributed by atoms with Crippen molar-refractivity contribution < 1.29 is 32.6 Å². The summed E-state index contributed by atoms with van der Waals surface area (Å²) in [6, 6.07) is 15.1. The second-order valence-corrected chi connectivity index (χ2v) is 13.0. The lowest BCUT2D eigenvalue weighted by atomic mass is 10.0. The first-order valence-electron chi connectivity index (χ1n) is 10.7. The summed E-state index contributed by atoms with van der Waals surface area (Å²) in [5, 5.41) is 12.0. The van der Waals surface area contributed by atoms with Gasteiger partial charge in [-0.15, -0.1) is 0 Å². The second-order valence-electron chi connectivity index (χ2n) is 8.12. The molecule has 8 nitrogen and oxygen atoms in total. The maximum Gasteiger partial charge on any atom is 0.326 e. The molecule has 1 unspecified atom stereocenters. The van der Waals surface area contributed by atoms with Crippen molar-refractivity contribution in [2.45, 2.75) is 17.4 Å². The number of carboxylic acids is 1. The van der Waals surface area contributed by atoms with Gasteiger partial charge in [-0.1, -0.05) is 53.5 Å². The number of hydrogen-bond acceptors (Lipinski definition) is 5. The molecular weight excluding hydrogens is 560 g/mol. The maximum atomic E-state index is 12.9. The van der Waals surface area contributed by atoms with E-state index in [4.69, 9.17) is 23.2 Å². The fourth-order valence-corrected chi connectivity index (χ4v) is 5.90. The van der Waals surface area contributed by atoms with Gasteiger partial charge in [-0.2, -0.15) is 0 Å². The molecule has 0 spiro atoms. The molecule has 3 aromatic rings. The first kappa shape index (κ1) is 28.6. The maximum absolute atomic E-state index is 12.9. The molecule has 194 valence electrons. The van der Waals surface area contributed by atoms with Gasteiger partial charge in [-0.25, -0.2) is 13.2 Å². The van der Waals surface area contributed by atoms with E-state index in [9.17, 15) is 32.6 Å². The van der Waals surface area contributed by atoms with Crippen LogP contribution in [-0.2, 0) is 25.6 Å². The molecule has 3 N–H and O–H groups in total. The lowest BCUT2D eigenvalue weighted by Crippen LogP contribution is -2.42. The van der Waals surface area contributed by atoms with Gasteiger partial charge in [-0.3, -0.25) is 9.36 Å². The molecule has 37 heavy (non-hydrogen) atoms. The van der Waals surface area contributed by atoms with Crippen molar-refractivity contribution in [3.63, 3.8) is 0 Å². The van der Waals surface area contributed by atoms with Gasteiger partial charge in [0.25, 0.3) is 13.3 Å². The van der Waals surface area contributed by atoms with Crippen LogP contribution in [-0.4, -0.2) is 42.6 Å². The highest BCUT2D eigenvalue weighted by Gasteiger charge is 2.25. The Kier molecular flexibility index (Phi) is 9.00. The summed E-state index contributed by atoms with van der Waals surface area (Å²) in [5.41, 5.74) is 0.566. The van der Waals surface area contributed by atoms with Crippen LogP contribution in [0.2, 0.25) is 10.0 Å². The number of hydrogen-bond donors (Lipinski definition) is 3. The quantitative estimate of drug-likeness (QED) is 0.318. The average molecular weight is 582 g/mol. The minimum absolute atomic E-state index is 0.0230. The van der Waals surface area contributed by atoms with Crippen LogP contribution in [0.15, 0.2) is 77.4 Å². The van der Waals surface area contributed by atoms with Gasteiger partial charge in [-0.05, 0) is 53.6 Å². The number of sulfone groups is 1. The van der Waals surface area contributed by atoms with Gasteiger partial charge >= 0.3 is 5.97 Å². The van der Waals surface area contributed by atoms with E-state index in [1.54, 1.807) is 24.3 Å². The Labute approximate surface area is 223 Å². The molecule has 2 atom stereocenters. The van der Waals surface area contributed by atoms with E-state index in [0.717, 1.165) is 12.1 Å². The molecule has 0 saturated carbocycles. The summed E-state index contributed by atoms with van der Waals surface area (Å²) < 4.78 is 36.2. The highest BCUT2D eigenvalue weighted by Crippen LogP contribution is 2.41. The van der Waals surface area contributed by atoms with Crippen molar-refractivity contribution >= 4 is 63.7 Å². The van der Waals surface area contributed by atoms with Crippen molar-refractivity contribution in [3.05, 3.63) is 99.3 Å². The molecule has 0 bridgehead atoms. The Morgan fingerprint density at radius 1 is 1.03 bits per heavy atom. The first-order chi connectivity index (χ1) is 17.3. The Hall–Kier alpha value is -2.94. The molecule has 0 aliphatic rings. The molecule has 3 aromatic carbocycles. The van der Waals surface area contributed by atoms with E-state index in [2.05, 4.69) is 5.32 Å². The molecule has 1 amide bonds. The summed E-state index contributed by atoms with van der Waals surface area (Å²) >= 11 is 12.5. The zero-order valence-corrected chi connectivity index (χ0v) is 22.6. The van der Waals surface area contributed by atoms with Crippen molar-refractivity contribution in [1.82, 2.24) is 5.32 Å². The zero-order chi connectivity index (χ0) is 27.4. The van der Waals surface area contributed by atoms with Crippen LogP contribution in [0.25, 0.3) is 6.08 Å². The van der Waals surface area contributed by atoms with Gasteiger partial charge in [0.15, 0.2) is 9.84 Å². The first-order valence-corrected chi connectivity index (χ1v) is 15.0. The van der Waals surface area contributed by atoms with Gasteiger partial charge < -0.3 is 15.3 Å². The topological polar surface area (TPSA) is 138 Å². The van der Waals surface area contributed by atoms with E-state index < -0.39 is 35.1 Å². The van der Waals surface area contributed by atoms with Crippen molar-refractivity contribution in [2.24, 2.45) is 0 Å². The number of rotatable bonds is 9. The molecule has 0 aliphatic carbocycles. The SMILES string of the molecule is CS(=O)(=O)c1cccc(C[C@H](NC(=O)c2c(Cl)cc(/C=C/P(=O)(O)c3ccccc3)cc2Cl)C(=O)O)c1. The van der Waals surface area contributed by atoms with Crippen LogP contribution in [0.4, 0.5) is 0 Å². The lowest BCUT2D eigenvalue weighted by molar-refractivity contribution is -0.139. The molecule has 0 radical (unpaired) electrons. The van der Waals surface area contributed by atoms with Crippen molar-refractivity contribution in [3.8, 4) is 0 Å². The van der Waals surface area contributed by atoms with E-state index in [0.29, 0.717) is 11.1 Å². The van der Waals surface area contributed by atoms with Gasteiger partial charge in [0.1, 0.15) is 6.04 Å². The number of halogens is 2. The molecule has 0 aromatic heterocycles. The minimum Gasteiger partial charge on any atom is -0.480 e. The van der Waals surface area contributed by atoms with Gasteiger partial charge in [0.05, 0.1) is 20.5 Å². The van der Waals surface area contributed by atoms with Crippen molar-refractivity contribution in [1.29, 1.82) is 0 Å². The Bertz CT molecular complexity index is 1500. The van der Waals surface area contributed by atoms with Crippen LogP contribution >= 0.6 is 30.6 Å². The number of carbonyl (C=O) groups excluding carboxylic acids is 1. The molecule has 12 heteroatoms. The van der Waals surface area contributed by atoms with Gasteiger partial charge in [0, 0.05) is 23.8 Å². The normalized spacial score (nSPS) is 14.2. The highest BCUT2D eigenvalue weighted by molar-refractivity contribution is 7.90. The summed E-state index contributed by atoms with van der Waals surface area (Å²) in [5.74, 6) is -1.08. The van der Waals surface area contributed by atoms with Crippen LogP contribution in [0, 0.1) is 0 Å². The Balaban J connectivity index is 1.81. The van der Waals surface area contributed by atoms with Crippen LogP contribution in [0.3, 0.4) is 0 Å². The number of carbonyl (C=O) groups is 2. The lowest BCUT2D eigenvalue weighted by Gasteiger charge is -2.16. The third-order valence-electron chi connectivity index (χ3n) is 5.26. The van der Waals surface area contributed by atoms with Crippen LogP contribution < -0.4 is 10.6 Å². The molecule has 0 heterocycles. The average Bonchev–Trinajstić information content (AvgIpc) is 2.82. The zero-order valence-electron chi connectivity index (χ0n) is 19.3. The third kappa shape index (κ3) is 7.53. The molecule has 3 rings (SSSR count). The fourth-order valence-electron chi connectivity index (χ4n) is 3.39. The second kappa shape index (κ2) is 11.6. The number of benzene rings is 3. The van der Waals surface area contributed by atoms with E-state index in [-0.39, 0.29) is 32.2 Å². The van der Waals surface area contributed by atoms with Crippen molar-refractivity contribution in [2.75, 3.05) is 6.26 Å².